The van der Waals surface area contributed by atoms with E-state index in [1.54, 1.807) is 0 Å². The quantitative estimate of drug-likeness (QED) is 0.506. The first-order valence-corrected chi connectivity index (χ1v) is 3.96. The van der Waals surface area contributed by atoms with E-state index in [1.807, 2.05) is 7.05 Å². The molecular weight excluding hydrogens is 107 g/mol. The van der Waals surface area contributed by atoms with Gasteiger partial charge in [0.05, 0.1) is 0 Å². The maximum Gasteiger partial charge on any atom is 0.0337 e. The maximum atomic E-state index is 5.53. The van der Waals surface area contributed by atoms with Crippen LogP contribution >= 0.6 is 8.58 Å². The number of hydrogen-bond acceptors (Lipinski definition) is 2. The van der Waals surface area contributed by atoms with E-state index in [0.29, 0.717) is 5.78 Å². The van der Waals surface area contributed by atoms with Crippen molar-refractivity contribution in [2.45, 2.75) is 5.78 Å². The van der Waals surface area contributed by atoms with Crippen LogP contribution in [0.25, 0.3) is 0 Å². The van der Waals surface area contributed by atoms with Gasteiger partial charge in [0.2, 0.25) is 0 Å². The lowest BCUT2D eigenvalue weighted by atomic mass is 10.6. The molecule has 0 saturated heterocycles. The van der Waals surface area contributed by atoms with Crippen LogP contribution in [0, 0.1) is 0 Å². The summed E-state index contributed by atoms with van der Waals surface area (Å²) in [5.74, 6) is 0.366. The van der Waals surface area contributed by atoms with E-state index in [4.69, 9.17) is 5.73 Å². The first-order valence-electron chi connectivity index (χ1n) is 2.38. The SMILES string of the molecule is CNCC(N)PC. The highest BCUT2D eigenvalue weighted by Gasteiger charge is 1.91. The van der Waals surface area contributed by atoms with Crippen LogP contribution in [0.3, 0.4) is 0 Å². The van der Waals surface area contributed by atoms with Crippen LogP contribution in [0.1, 0.15) is 0 Å². The van der Waals surface area contributed by atoms with Gasteiger partial charge < -0.3 is 11.1 Å². The molecule has 0 radical (unpaired) electrons. The fourth-order valence-electron chi connectivity index (χ4n) is 0.322. The molecule has 0 aromatic rings. The third-order valence-corrected chi connectivity index (χ3v) is 1.74. The smallest absolute Gasteiger partial charge is 0.0337 e. The fourth-order valence-corrected chi connectivity index (χ4v) is 0.730. The van der Waals surface area contributed by atoms with Gasteiger partial charge in [0, 0.05) is 12.3 Å². The molecule has 0 rings (SSSR count). The average Bonchev–Trinajstić information content (AvgIpc) is 1.68. The van der Waals surface area contributed by atoms with Gasteiger partial charge in [-0.15, -0.1) is 8.58 Å². The monoisotopic (exact) mass is 120 g/mol. The van der Waals surface area contributed by atoms with Gasteiger partial charge in [0.15, 0.2) is 0 Å². The Bertz CT molecular complexity index is 40.7. The van der Waals surface area contributed by atoms with Crippen LogP contribution in [0.5, 0.6) is 0 Å². The number of nitrogens with one attached hydrogen (secondary N) is 1. The normalized spacial score (nSPS) is 15.9. The third-order valence-electron chi connectivity index (χ3n) is 0.795. The van der Waals surface area contributed by atoms with Crippen LogP contribution in [0.2, 0.25) is 0 Å². The van der Waals surface area contributed by atoms with Crippen molar-refractivity contribution in [1.29, 1.82) is 0 Å². The predicted molar refractivity (Wildman–Crippen MR) is 36.1 cm³/mol. The van der Waals surface area contributed by atoms with Crippen LogP contribution in [-0.2, 0) is 0 Å². The molecule has 3 heteroatoms. The van der Waals surface area contributed by atoms with E-state index in [1.165, 1.54) is 0 Å². The van der Waals surface area contributed by atoms with Crippen LogP contribution in [0.4, 0.5) is 0 Å². The summed E-state index contributed by atoms with van der Waals surface area (Å²) in [5.41, 5.74) is 5.53. The van der Waals surface area contributed by atoms with Crippen molar-refractivity contribution >= 4 is 8.58 Å². The molecule has 2 atom stereocenters. The Balaban J connectivity index is 2.83. The Morgan fingerprint density at radius 3 is 2.57 bits per heavy atom. The van der Waals surface area contributed by atoms with Crippen LogP contribution in [-0.4, -0.2) is 26.0 Å². The van der Waals surface area contributed by atoms with Gasteiger partial charge >= 0.3 is 0 Å². The minimum Gasteiger partial charge on any atom is -0.323 e. The zero-order valence-corrected chi connectivity index (χ0v) is 5.86. The molecule has 0 aliphatic heterocycles. The van der Waals surface area contributed by atoms with Crippen molar-refractivity contribution in [3.63, 3.8) is 0 Å². The minimum absolute atomic E-state index is 0.366. The molecule has 0 aliphatic rings. The van der Waals surface area contributed by atoms with Gasteiger partial charge in [0.1, 0.15) is 0 Å². The first-order chi connectivity index (χ1) is 3.31. The molecule has 0 aromatic heterocycles. The van der Waals surface area contributed by atoms with Crippen LogP contribution < -0.4 is 11.1 Å². The van der Waals surface area contributed by atoms with E-state index in [2.05, 4.69) is 12.0 Å². The lowest BCUT2D eigenvalue weighted by molar-refractivity contribution is 0.763. The van der Waals surface area contributed by atoms with Gasteiger partial charge in [-0.3, -0.25) is 0 Å². The van der Waals surface area contributed by atoms with Gasteiger partial charge in [-0.1, -0.05) is 0 Å². The van der Waals surface area contributed by atoms with Gasteiger partial charge in [-0.05, 0) is 13.7 Å². The molecule has 0 saturated carbocycles. The third kappa shape index (κ3) is 4.20. The number of rotatable bonds is 3. The highest BCUT2D eigenvalue weighted by molar-refractivity contribution is 7.37. The van der Waals surface area contributed by atoms with Crippen molar-refractivity contribution in [2.75, 3.05) is 20.3 Å². The summed E-state index contributed by atoms with van der Waals surface area (Å²) in [5, 5.41) is 3.00. The maximum absolute atomic E-state index is 5.53. The van der Waals surface area contributed by atoms with E-state index in [-0.39, 0.29) is 0 Å². The molecule has 0 heterocycles. The number of hydrogen-bond donors (Lipinski definition) is 2. The van der Waals surface area contributed by atoms with Crippen molar-refractivity contribution in [3.05, 3.63) is 0 Å². The lowest BCUT2D eigenvalue weighted by Crippen LogP contribution is -2.27. The molecule has 2 nitrogen and oxygen atoms in total. The summed E-state index contributed by atoms with van der Waals surface area (Å²) in [6, 6.07) is 0. The van der Waals surface area contributed by atoms with E-state index in [9.17, 15) is 0 Å². The van der Waals surface area contributed by atoms with E-state index < -0.39 is 0 Å². The molecule has 0 aromatic carbocycles. The fraction of sp³-hybridized carbons (Fsp3) is 1.00. The Morgan fingerprint density at radius 1 is 1.86 bits per heavy atom. The summed E-state index contributed by atoms with van der Waals surface area (Å²) in [4.78, 5) is 0. The van der Waals surface area contributed by atoms with Crippen molar-refractivity contribution < 1.29 is 0 Å². The second-order valence-electron chi connectivity index (χ2n) is 1.45. The van der Waals surface area contributed by atoms with Crippen molar-refractivity contribution in [1.82, 2.24) is 5.32 Å². The van der Waals surface area contributed by atoms with Gasteiger partial charge in [-0.25, -0.2) is 0 Å². The Labute approximate surface area is 46.6 Å². The second-order valence-corrected chi connectivity index (χ2v) is 2.77. The van der Waals surface area contributed by atoms with Gasteiger partial charge in [0.25, 0.3) is 0 Å². The second kappa shape index (κ2) is 4.51. The minimum atomic E-state index is 0.366. The number of nitrogens with two attached hydrogens (primary N) is 1. The molecule has 7 heavy (non-hydrogen) atoms. The Morgan fingerprint density at radius 2 is 2.43 bits per heavy atom. The molecule has 0 spiro atoms. The standard InChI is InChI=1S/C4H13N2P/c1-6-3-4(5)7-2/h4,6-7H,3,5H2,1-2H3. The van der Waals surface area contributed by atoms with Crippen molar-refractivity contribution in [3.8, 4) is 0 Å². The van der Waals surface area contributed by atoms with Gasteiger partial charge in [-0.2, -0.15) is 0 Å². The zero-order valence-electron chi connectivity index (χ0n) is 4.86. The first kappa shape index (κ1) is 7.35. The largest absolute Gasteiger partial charge is 0.323 e. The Hall–Kier alpha value is 0.350. The van der Waals surface area contributed by atoms with Crippen LogP contribution in [0.15, 0.2) is 0 Å². The summed E-state index contributed by atoms with van der Waals surface area (Å²) in [7, 11) is 2.77. The average molecular weight is 120 g/mol. The predicted octanol–water partition coefficient (Wildman–Crippen LogP) is -0.201. The summed E-state index contributed by atoms with van der Waals surface area (Å²) >= 11 is 0. The highest BCUT2D eigenvalue weighted by atomic mass is 31.1. The molecular formula is C4H13N2P. The molecule has 44 valence electrons. The zero-order chi connectivity index (χ0) is 5.70. The highest BCUT2D eigenvalue weighted by Crippen LogP contribution is 2.04. The number of likely N-dealkylation sites (N-methyl/N-ethyl adjacent to an activating group) is 1. The van der Waals surface area contributed by atoms with E-state index in [0.717, 1.165) is 15.1 Å². The molecule has 0 amide bonds. The molecule has 3 N–H and O–H groups in total. The molecule has 0 aliphatic carbocycles. The summed E-state index contributed by atoms with van der Waals surface area (Å²) < 4.78 is 0. The summed E-state index contributed by atoms with van der Waals surface area (Å²) in [6.45, 7) is 3.05. The Kier molecular flexibility index (Phi) is 4.73. The summed E-state index contributed by atoms with van der Waals surface area (Å²) in [6.07, 6.45) is 0. The topological polar surface area (TPSA) is 38.0 Å². The van der Waals surface area contributed by atoms with Crippen molar-refractivity contribution in [2.24, 2.45) is 5.73 Å². The molecule has 2 unspecified atom stereocenters. The van der Waals surface area contributed by atoms with E-state index >= 15 is 0 Å². The molecule has 0 bridgehead atoms. The lowest BCUT2D eigenvalue weighted by Gasteiger charge is -2.04. The molecule has 0 fully saturated rings.